The molecule has 1 aromatic carbocycles. The third-order valence-electron chi connectivity index (χ3n) is 2.71. The van der Waals surface area contributed by atoms with Gasteiger partial charge in [-0.05, 0) is 36.2 Å². The molecule has 0 bridgehead atoms. The van der Waals surface area contributed by atoms with Crippen LogP contribution in [0.4, 0.5) is 4.39 Å². The Morgan fingerprint density at radius 1 is 1.24 bits per heavy atom. The van der Waals surface area contributed by atoms with Crippen molar-refractivity contribution in [3.63, 3.8) is 0 Å². The first-order valence-corrected chi connectivity index (χ1v) is 5.63. The van der Waals surface area contributed by atoms with Crippen LogP contribution in [-0.4, -0.2) is 4.98 Å². The minimum absolute atomic E-state index is 0.200. The van der Waals surface area contributed by atoms with Gasteiger partial charge in [0.05, 0.1) is 0 Å². The molecule has 1 N–H and O–H groups in total. The van der Waals surface area contributed by atoms with Crippen LogP contribution >= 0.6 is 0 Å². The number of nitrogens with one attached hydrogen (secondary N) is 1. The summed E-state index contributed by atoms with van der Waals surface area (Å²) in [5, 5.41) is 3.37. The number of halogens is 1. The molecule has 0 spiro atoms. The lowest BCUT2D eigenvalue weighted by Gasteiger charge is -2.13. The summed E-state index contributed by atoms with van der Waals surface area (Å²) in [4.78, 5) is 4.08. The molecule has 0 aliphatic rings. The SMILES string of the molecule is C[C@@H](NCc1ccc(F)cc1)c1cccnc1. The minimum atomic E-state index is -0.200. The predicted octanol–water partition coefficient (Wildman–Crippen LogP) is 3.07. The lowest BCUT2D eigenvalue weighted by Crippen LogP contribution is -2.18. The maximum absolute atomic E-state index is 12.7. The third-order valence-corrected chi connectivity index (χ3v) is 2.71. The second-order valence-electron chi connectivity index (χ2n) is 4.02. The zero-order valence-electron chi connectivity index (χ0n) is 9.73. The Morgan fingerprint density at radius 2 is 2.00 bits per heavy atom. The molecule has 2 rings (SSSR count). The molecule has 0 aliphatic carbocycles. The van der Waals surface area contributed by atoms with Crippen molar-refractivity contribution in [3.8, 4) is 0 Å². The maximum atomic E-state index is 12.7. The summed E-state index contributed by atoms with van der Waals surface area (Å²) in [6, 6.07) is 10.7. The molecule has 3 heteroatoms. The van der Waals surface area contributed by atoms with Crippen molar-refractivity contribution < 1.29 is 4.39 Å². The van der Waals surface area contributed by atoms with Crippen LogP contribution in [0.25, 0.3) is 0 Å². The van der Waals surface area contributed by atoms with E-state index in [2.05, 4.69) is 17.2 Å². The Labute approximate surface area is 101 Å². The van der Waals surface area contributed by atoms with Crippen LogP contribution in [0.3, 0.4) is 0 Å². The molecule has 0 saturated carbocycles. The second-order valence-corrected chi connectivity index (χ2v) is 4.02. The van der Waals surface area contributed by atoms with Crippen molar-refractivity contribution in [3.05, 3.63) is 65.7 Å². The predicted molar refractivity (Wildman–Crippen MR) is 65.9 cm³/mol. The highest BCUT2D eigenvalue weighted by Crippen LogP contribution is 2.11. The largest absolute Gasteiger partial charge is 0.306 e. The quantitative estimate of drug-likeness (QED) is 0.873. The average molecular weight is 230 g/mol. The fourth-order valence-electron chi connectivity index (χ4n) is 1.62. The first-order valence-electron chi connectivity index (χ1n) is 5.63. The Kier molecular flexibility index (Phi) is 3.83. The van der Waals surface area contributed by atoms with Gasteiger partial charge in [0.1, 0.15) is 5.82 Å². The summed E-state index contributed by atoms with van der Waals surface area (Å²) in [7, 11) is 0. The molecule has 0 aliphatic heterocycles. The minimum Gasteiger partial charge on any atom is -0.306 e. The average Bonchev–Trinajstić information content (AvgIpc) is 2.39. The van der Waals surface area contributed by atoms with Crippen molar-refractivity contribution in [2.24, 2.45) is 0 Å². The van der Waals surface area contributed by atoms with Crippen LogP contribution in [0.5, 0.6) is 0 Å². The highest BCUT2D eigenvalue weighted by molar-refractivity contribution is 5.17. The first kappa shape index (κ1) is 11.7. The molecule has 0 fully saturated rings. The zero-order chi connectivity index (χ0) is 12.1. The van der Waals surface area contributed by atoms with E-state index in [0.717, 1.165) is 17.7 Å². The topological polar surface area (TPSA) is 24.9 Å². The number of hydrogen-bond donors (Lipinski definition) is 1. The van der Waals surface area contributed by atoms with Gasteiger partial charge in [-0.25, -0.2) is 4.39 Å². The highest BCUT2D eigenvalue weighted by Gasteiger charge is 2.04. The Bertz CT molecular complexity index is 453. The molecule has 0 radical (unpaired) electrons. The molecule has 0 saturated heterocycles. The Hall–Kier alpha value is -1.74. The smallest absolute Gasteiger partial charge is 0.123 e. The van der Waals surface area contributed by atoms with Crippen LogP contribution in [0.2, 0.25) is 0 Å². The number of benzene rings is 1. The molecule has 88 valence electrons. The van der Waals surface area contributed by atoms with E-state index < -0.39 is 0 Å². The molecule has 1 aromatic heterocycles. The molecule has 1 heterocycles. The number of aromatic nitrogens is 1. The van der Waals surface area contributed by atoms with Gasteiger partial charge in [0.25, 0.3) is 0 Å². The van der Waals surface area contributed by atoms with E-state index in [4.69, 9.17) is 0 Å². The molecular weight excluding hydrogens is 215 g/mol. The third kappa shape index (κ3) is 3.36. The Morgan fingerprint density at radius 3 is 2.65 bits per heavy atom. The van der Waals surface area contributed by atoms with E-state index in [-0.39, 0.29) is 11.9 Å². The number of rotatable bonds is 4. The van der Waals surface area contributed by atoms with Gasteiger partial charge in [0.2, 0.25) is 0 Å². The highest BCUT2D eigenvalue weighted by atomic mass is 19.1. The van der Waals surface area contributed by atoms with Crippen LogP contribution in [0, 0.1) is 5.82 Å². The monoisotopic (exact) mass is 230 g/mol. The lowest BCUT2D eigenvalue weighted by molar-refractivity contribution is 0.571. The summed E-state index contributed by atoms with van der Waals surface area (Å²) < 4.78 is 12.7. The van der Waals surface area contributed by atoms with Crippen LogP contribution in [0.1, 0.15) is 24.1 Å². The van der Waals surface area contributed by atoms with E-state index in [0.29, 0.717) is 0 Å². The first-order chi connectivity index (χ1) is 8.25. The summed E-state index contributed by atoms with van der Waals surface area (Å²) in [5.74, 6) is -0.200. The second kappa shape index (κ2) is 5.55. The molecule has 1 atom stereocenters. The molecule has 2 aromatic rings. The normalized spacial score (nSPS) is 12.4. The van der Waals surface area contributed by atoms with E-state index in [1.54, 1.807) is 18.3 Å². The standard InChI is InChI=1S/C14H15FN2/c1-11(13-3-2-8-16-10-13)17-9-12-4-6-14(15)7-5-12/h2-8,10-11,17H,9H2,1H3/t11-/m1/s1. The van der Waals surface area contributed by atoms with Crippen LogP contribution < -0.4 is 5.32 Å². The molecule has 17 heavy (non-hydrogen) atoms. The summed E-state index contributed by atoms with van der Waals surface area (Å²) >= 11 is 0. The van der Waals surface area contributed by atoms with Gasteiger partial charge in [-0.15, -0.1) is 0 Å². The van der Waals surface area contributed by atoms with Gasteiger partial charge in [0, 0.05) is 25.0 Å². The van der Waals surface area contributed by atoms with Crippen LogP contribution in [-0.2, 0) is 6.54 Å². The van der Waals surface area contributed by atoms with E-state index >= 15 is 0 Å². The number of nitrogens with zero attached hydrogens (tertiary/aromatic N) is 1. The van der Waals surface area contributed by atoms with Crippen LogP contribution in [0.15, 0.2) is 48.8 Å². The van der Waals surface area contributed by atoms with E-state index in [1.807, 2.05) is 18.3 Å². The van der Waals surface area contributed by atoms with Crippen molar-refractivity contribution in [2.75, 3.05) is 0 Å². The van der Waals surface area contributed by atoms with Gasteiger partial charge in [-0.2, -0.15) is 0 Å². The van der Waals surface area contributed by atoms with Gasteiger partial charge >= 0.3 is 0 Å². The maximum Gasteiger partial charge on any atom is 0.123 e. The number of pyridine rings is 1. The molecular formula is C14H15FN2. The molecule has 0 unspecified atom stereocenters. The van der Waals surface area contributed by atoms with Gasteiger partial charge < -0.3 is 5.32 Å². The molecule has 2 nitrogen and oxygen atoms in total. The van der Waals surface area contributed by atoms with Gasteiger partial charge in [-0.1, -0.05) is 18.2 Å². The zero-order valence-corrected chi connectivity index (χ0v) is 9.73. The van der Waals surface area contributed by atoms with E-state index in [9.17, 15) is 4.39 Å². The van der Waals surface area contributed by atoms with Crippen molar-refractivity contribution in [1.82, 2.24) is 10.3 Å². The van der Waals surface area contributed by atoms with Crippen molar-refractivity contribution in [1.29, 1.82) is 0 Å². The van der Waals surface area contributed by atoms with Gasteiger partial charge in [-0.3, -0.25) is 4.98 Å². The van der Waals surface area contributed by atoms with Crippen molar-refractivity contribution in [2.45, 2.75) is 19.5 Å². The Balaban J connectivity index is 1.92. The molecule has 0 amide bonds. The lowest BCUT2D eigenvalue weighted by atomic mass is 10.1. The van der Waals surface area contributed by atoms with E-state index in [1.165, 1.54) is 12.1 Å². The van der Waals surface area contributed by atoms with Crippen molar-refractivity contribution >= 4 is 0 Å². The summed E-state index contributed by atoms with van der Waals surface area (Å²) in [5.41, 5.74) is 2.22. The van der Waals surface area contributed by atoms with Gasteiger partial charge in [0.15, 0.2) is 0 Å². The summed E-state index contributed by atoms with van der Waals surface area (Å²) in [6.45, 7) is 2.80. The summed E-state index contributed by atoms with van der Waals surface area (Å²) in [6.07, 6.45) is 3.61. The number of hydrogen-bond acceptors (Lipinski definition) is 2. The fourth-order valence-corrected chi connectivity index (χ4v) is 1.62. The fraction of sp³-hybridized carbons (Fsp3) is 0.214.